The summed E-state index contributed by atoms with van der Waals surface area (Å²) in [5.41, 5.74) is -0.638. The first-order chi connectivity index (χ1) is 14.1. The molecule has 2 amide bonds. The zero-order chi connectivity index (χ0) is 22.1. The fourth-order valence-electron chi connectivity index (χ4n) is 3.26. The first kappa shape index (κ1) is 21.7. The molecule has 7 nitrogen and oxygen atoms in total. The second-order valence-corrected chi connectivity index (χ2v) is 7.31. The number of carbonyl (C=O) groups is 2. The van der Waals surface area contributed by atoms with Crippen LogP contribution in [0.5, 0.6) is 5.75 Å². The molecule has 30 heavy (non-hydrogen) atoms. The lowest BCUT2D eigenvalue weighted by atomic mass is 10.1. The molecule has 0 radical (unpaired) electrons. The summed E-state index contributed by atoms with van der Waals surface area (Å²) in [5, 5.41) is 4.18. The maximum absolute atomic E-state index is 13.0. The third-order valence-corrected chi connectivity index (χ3v) is 4.91. The lowest BCUT2D eigenvalue weighted by molar-refractivity contribution is -0.137. The van der Waals surface area contributed by atoms with Gasteiger partial charge in [0, 0.05) is 32.1 Å². The number of amides is 2. The molecule has 0 bridgehead atoms. The molecule has 2 heterocycles. The minimum atomic E-state index is -4.49. The summed E-state index contributed by atoms with van der Waals surface area (Å²) in [5.74, 6) is -0.309. The van der Waals surface area contributed by atoms with Gasteiger partial charge in [-0.2, -0.15) is 18.3 Å². The first-order valence-electron chi connectivity index (χ1n) is 9.51. The largest absolute Gasteiger partial charge is 0.493 e. The molecule has 0 spiro atoms. The molecular formula is C20H23F3N4O3. The summed E-state index contributed by atoms with van der Waals surface area (Å²) >= 11 is 0. The van der Waals surface area contributed by atoms with Gasteiger partial charge in [-0.25, -0.2) is 4.68 Å². The highest BCUT2D eigenvalue weighted by Gasteiger charge is 2.32. The van der Waals surface area contributed by atoms with Gasteiger partial charge in [-0.15, -0.1) is 0 Å². The van der Waals surface area contributed by atoms with E-state index in [0.717, 1.165) is 12.1 Å². The molecule has 1 aliphatic heterocycles. The third-order valence-electron chi connectivity index (χ3n) is 4.91. The Hall–Kier alpha value is -3.04. The predicted molar refractivity (Wildman–Crippen MR) is 102 cm³/mol. The van der Waals surface area contributed by atoms with Crippen molar-refractivity contribution in [3.8, 4) is 11.4 Å². The summed E-state index contributed by atoms with van der Waals surface area (Å²) < 4.78 is 45.4. The standard InChI is InChI=1S/C20H23F3N4O3/c1-13(2)18(28)25-7-9-26(10-8-25)19(29)17-16(30-3)12-27(24-17)15-6-4-5-14(11-15)20(21,22)23/h4-6,11-13H,7-10H2,1-3H3. The van der Waals surface area contributed by atoms with Gasteiger partial charge in [0.2, 0.25) is 5.91 Å². The molecule has 0 atom stereocenters. The van der Waals surface area contributed by atoms with Crippen LogP contribution in [0.4, 0.5) is 13.2 Å². The highest BCUT2D eigenvalue weighted by atomic mass is 19.4. The third kappa shape index (κ3) is 4.42. The number of hydrogen-bond acceptors (Lipinski definition) is 4. The first-order valence-corrected chi connectivity index (χ1v) is 9.51. The molecule has 10 heteroatoms. The molecule has 1 fully saturated rings. The summed E-state index contributed by atoms with van der Waals surface area (Å²) in [6.07, 6.45) is -3.11. The van der Waals surface area contributed by atoms with Crippen molar-refractivity contribution in [1.82, 2.24) is 19.6 Å². The Morgan fingerprint density at radius 1 is 1.10 bits per heavy atom. The van der Waals surface area contributed by atoms with Crippen LogP contribution in [0.15, 0.2) is 30.5 Å². The van der Waals surface area contributed by atoms with Gasteiger partial charge in [0.05, 0.1) is 24.6 Å². The Morgan fingerprint density at radius 3 is 2.30 bits per heavy atom. The number of rotatable bonds is 4. The minimum absolute atomic E-state index is 0.0125. The van der Waals surface area contributed by atoms with Gasteiger partial charge in [-0.3, -0.25) is 9.59 Å². The Balaban J connectivity index is 1.80. The van der Waals surface area contributed by atoms with Crippen LogP contribution in [-0.4, -0.2) is 64.7 Å². The van der Waals surface area contributed by atoms with E-state index in [4.69, 9.17) is 4.74 Å². The lowest BCUT2D eigenvalue weighted by Gasteiger charge is -2.35. The average molecular weight is 424 g/mol. The lowest BCUT2D eigenvalue weighted by Crippen LogP contribution is -2.51. The highest BCUT2D eigenvalue weighted by molar-refractivity contribution is 5.95. The van der Waals surface area contributed by atoms with E-state index in [1.807, 2.05) is 13.8 Å². The van der Waals surface area contributed by atoms with Crippen molar-refractivity contribution in [3.05, 3.63) is 41.7 Å². The normalized spacial score (nSPS) is 14.9. The summed E-state index contributed by atoms with van der Waals surface area (Å²) in [6.45, 7) is 5.17. The maximum Gasteiger partial charge on any atom is 0.416 e. The predicted octanol–water partition coefficient (Wildman–Crippen LogP) is 2.84. The van der Waals surface area contributed by atoms with Crippen molar-refractivity contribution in [3.63, 3.8) is 0 Å². The van der Waals surface area contributed by atoms with E-state index in [1.54, 1.807) is 9.80 Å². The van der Waals surface area contributed by atoms with E-state index >= 15 is 0 Å². The maximum atomic E-state index is 13.0. The van der Waals surface area contributed by atoms with E-state index in [0.29, 0.717) is 26.2 Å². The SMILES string of the molecule is COc1cn(-c2cccc(C(F)(F)F)c2)nc1C(=O)N1CCN(C(=O)C(C)C)CC1. The Morgan fingerprint density at radius 2 is 1.73 bits per heavy atom. The van der Waals surface area contributed by atoms with Crippen LogP contribution >= 0.6 is 0 Å². The van der Waals surface area contributed by atoms with Gasteiger partial charge in [0.25, 0.3) is 5.91 Å². The molecule has 1 aliphatic rings. The zero-order valence-corrected chi connectivity index (χ0v) is 16.9. The molecule has 1 aromatic carbocycles. The summed E-state index contributed by atoms with van der Waals surface area (Å²) in [7, 11) is 1.36. The second kappa shape index (κ2) is 8.37. The van der Waals surface area contributed by atoms with Crippen LogP contribution in [0.25, 0.3) is 5.69 Å². The molecular weight excluding hydrogens is 401 g/mol. The van der Waals surface area contributed by atoms with Crippen LogP contribution in [0.2, 0.25) is 0 Å². The average Bonchev–Trinajstić information content (AvgIpc) is 3.16. The van der Waals surface area contributed by atoms with E-state index in [2.05, 4.69) is 5.10 Å². The number of ether oxygens (including phenoxy) is 1. The van der Waals surface area contributed by atoms with Crippen LogP contribution < -0.4 is 4.74 Å². The molecule has 0 unspecified atom stereocenters. The number of carbonyl (C=O) groups excluding carboxylic acids is 2. The number of alkyl halides is 3. The van der Waals surface area contributed by atoms with Crippen LogP contribution in [0, 0.1) is 5.92 Å². The number of methoxy groups -OCH3 is 1. The van der Waals surface area contributed by atoms with E-state index < -0.39 is 17.6 Å². The van der Waals surface area contributed by atoms with E-state index in [-0.39, 0.29) is 29.0 Å². The van der Waals surface area contributed by atoms with Crippen molar-refractivity contribution >= 4 is 11.8 Å². The molecule has 0 aliphatic carbocycles. The Kier molecular flexibility index (Phi) is 6.04. The molecule has 1 aromatic heterocycles. The number of benzene rings is 1. The van der Waals surface area contributed by atoms with Gasteiger partial charge in [-0.1, -0.05) is 19.9 Å². The van der Waals surface area contributed by atoms with E-state index in [1.165, 1.54) is 30.1 Å². The number of nitrogens with zero attached hydrogens (tertiary/aromatic N) is 4. The van der Waals surface area contributed by atoms with Crippen molar-refractivity contribution in [2.45, 2.75) is 20.0 Å². The highest BCUT2D eigenvalue weighted by Crippen LogP contribution is 2.31. The van der Waals surface area contributed by atoms with Crippen LogP contribution in [0.3, 0.4) is 0 Å². The molecule has 0 N–H and O–H groups in total. The quantitative estimate of drug-likeness (QED) is 0.757. The zero-order valence-electron chi connectivity index (χ0n) is 16.9. The summed E-state index contributed by atoms with van der Waals surface area (Å²) in [6, 6.07) is 4.66. The summed E-state index contributed by atoms with van der Waals surface area (Å²) in [4.78, 5) is 28.3. The number of hydrogen-bond donors (Lipinski definition) is 0. The van der Waals surface area contributed by atoms with Gasteiger partial charge in [-0.05, 0) is 18.2 Å². The second-order valence-electron chi connectivity index (χ2n) is 7.31. The monoisotopic (exact) mass is 424 g/mol. The van der Waals surface area contributed by atoms with Gasteiger partial charge in [0.15, 0.2) is 11.4 Å². The Labute approximate surface area is 172 Å². The van der Waals surface area contributed by atoms with Crippen molar-refractivity contribution < 1.29 is 27.5 Å². The van der Waals surface area contributed by atoms with Crippen LogP contribution in [-0.2, 0) is 11.0 Å². The van der Waals surface area contributed by atoms with Crippen molar-refractivity contribution in [1.29, 1.82) is 0 Å². The minimum Gasteiger partial charge on any atom is -0.493 e. The smallest absolute Gasteiger partial charge is 0.416 e. The topological polar surface area (TPSA) is 67.7 Å². The Bertz CT molecular complexity index is 932. The van der Waals surface area contributed by atoms with E-state index in [9.17, 15) is 22.8 Å². The molecule has 1 saturated heterocycles. The van der Waals surface area contributed by atoms with Crippen molar-refractivity contribution in [2.75, 3.05) is 33.3 Å². The fourth-order valence-corrected chi connectivity index (χ4v) is 3.26. The molecule has 2 aromatic rings. The number of piperazine rings is 1. The molecule has 162 valence electrons. The van der Waals surface area contributed by atoms with Gasteiger partial charge in [0.1, 0.15) is 0 Å². The van der Waals surface area contributed by atoms with Gasteiger partial charge < -0.3 is 14.5 Å². The molecule has 0 saturated carbocycles. The van der Waals surface area contributed by atoms with Gasteiger partial charge >= 0.3 is 6.18 Å². The fraction of sp³-hybridized carbons (Fsp3) is 0.450. The molecule has 3 rings (SSSR count). The van der Waals surface area contributed by atoms with Crippen LogP contribution in [0.1, 0.15) is 29.9 Å². The number of halogens is 3. The number of aromatic nitrogens is 2. The van der Waals surface area contributed by atoms with Crippen molar-refractivity contribution in [2.24, 2.45) is 5.92 Å².